The van der Waals surface area contributed by atoms with Crippen LogP contribution in [0, 0.1) is 11.8 Å². The maximum atomic E-state index is 9.19. The standard InChI is InChI=1S/C11H21NO/c1-8(13)7-12-11-6-9-2-4-10(11)5-3-9/h8-13H,2-7H2,1H3/t8-,9?,10?,11?/m0/s1. The van der Waals surface area contributed by atoms with Crippen LogP contribution in [0.5, 0.6) is 0 Å². The molecule has 2 bridgehead atoms. The Balaban J connectivity index is 1.80. The Morgan fingerprint density at radius 3 is 2.46 bits per heavy atom. The quantitative estimate of drug-likeness (QED) is 0.695. The fraction of sp³-hybridized carbons (Fsp3) is 1.00. The van der Waals surface area contributed by atoms with Crippen LogP contribution in [-0.4, -0.2) is 23.8 Å². The molecule has 3 aliphatic rings. The zero-order valence-electron chi connectivity index (χ0n) is 8.50. The van der Waals surface area contributed by atoms with Crippen LogP contribution < -0.4 is 5.32 Å². The Morgan fingerprint density at radius 1 is 1.31 bits per heavy atom. The lowest BCUT2D eigenvalue weighted by Gasteiger charge is -2.43. The second kappa shape index (κ2) is 3.97. The monoisotopic (exact) mass is 183 g/mol. The first kappa shape index (κ1) is 9.47. The van der Waals surface area contributed by atoms with E-state index in [-0.39, 0.29) is 6.10 Å². The van der Waals surface area contributed by atoms with E-state index in [0.29, 0.717) is 6.04 Å². The molecule has 76 valence electrons. The van der Waals surface area contributed by atoms with Gasteiger partial charge in [-0.3, -0.25) is 0 Å². The third-order valence-corrected chi connectivity index (χ3v) is 3.72. The molecule has 1 unspecified atom stereocenters. The third kappa shape index (κ3) is 2.23. The van der Waals surface area contributed by atoms with E-state index in [1.54, 1.807) is 0 Å². The van der Waals surface area contributed by atoms with Gasteiger partial charge in [-0.15, -0.1) is 0 Å². The molecule has 0 amide bonds. The number of aliphatic hydroxyl groups is 1. The van der Waals surface area contributed by atoms with Crippen LogP contribution in [0.15, 0.2) is 0 Å². The molecule has 3 saturated carbocycles. The first-order valence-electron chi connectivity index (χ1n) is 5.67. The minimum absolute atomic E-state index is 0.194. The van der Waals surface area contributed by atoms with Crippen LogP contribution in [0.1, 0.15) is 39.0 Å². The maximum absolute atomic E-state index is 9.19. The molecule has 0 saturated heterocycles. The second-order valence-electron chi connectivity index (χ2n) is 4.88. The van der Waals surface area contributed by atoms with E-state index >= 15 is 0 Å². The van der Waals surface area contributed by atoms with Crippen LogP contribution in [0.2, 0.25) is 0 Å². The Kier molecular flexibility index (Phi) is 2.89. The molecule has 0 aliphatic heterocycles. The minimum atomic E-state index is -0.194. The molecule has 2 atom stereocenters. The summed E-state index contributed by atoms with van der Waals surface area (Å²) in [5.41, 5.74) is 0. The van der Waals surface area contributed by atoms with Gasteiger partial charge in [0.25, 0.3) is 0 Å². The van der Waals surface area contributed by atoms with Crippen molar-refractivity contribution in [3.8, 4) is 0 Å². The number of aliphatic hydroxyl groups excluding tert-OH is 1. The van der Waals surface area contributed by atoms with Crippen molar-refractivity contribution in [2.75, 3.05) is 6.54 Å². The predicted molar refractivity (Wildman–Crippen MR) is 53.5 cm³/mol. The van der Waals surface area contributed by atoms with Gasteiger partial charge in [0.2, 0.25) is 0 Å². The largest absolute Gasteiger partial charge is 0.392 e. The fourth-order valence-corrected chi connectivity index (χ4v) is 2.95. The first-order chi connectivity index (χ1) is 6.25. The van der Waals surface area contributed by atoms with Crippen molar-refractivity contribution in [2.45, 2.75) is 51.2 Å². The van der Waals surface area contributed by atoms with E-state index in [0.717, 1.165) is 18.4 Å². The highest BCUT2D eigenvalue weighted by Gasteiger charge is 2.34. The lowest BCUT2D eigenvalue weighted by molar-refractivity contribution is 0.108. The van der Waals surface area contributed by atoms with Gasteiger partial charge in [-0.2, -0.15) is 0 Å². The summed E-state index contributed by atoms with van der Waals surface area (Å²) in [6, 6.07) is 0.710. The normalized spacial score (nSPS) is 40.6. The van der Waals surface area contributed by atoms with Crippen molar-refractivity contribution in [2.24, 2.45) is 11.8 Å². The molecule has 0 heterocycles. The molecule has 3 fully saturated rings. The summed E-state index contributed by atoms with van der Waals surface area (Å²) in [5.74, 6) is 1.89. The van der Waals surface area contributed by atoms with E-state index in [4.69, 9.17) is 0 Å². The second-order valence-corrected chi connectivity index (χ2v) is 4.88. The molecule has 0 aromatic heterocycles. The molecule has 0 spiro atoms. The van der Waals surface area contributed by atoms with E-state index in [9.17, 15) is 5.11 Å². The molecule has 3 aliphatic carbocycles. The van der Waals surface area contributed by atoms with Crippen molar-refractivity contribution >= 4 is 0 Å². The number of hydrogen-bond donors (Lipinski definition) is 2. The maximum Gasteiger partial charge on any atom is 0.0636 e. The van der Waals surface area contributed by atoms with E-state index in [1.165, 1.54) is 32.1 Å². The van der Waals surface area contributed by atoms with Gasteiger partial charge in [0.1, 0.15) is 0 Å². The summed E-state index contributed by atoms with van der Waals surface area (Å²) in [6.07, 6.45) is 6.91. The SMILES string of the molecule is C[C@H](O)CNC1CC2CCC1CC2. The van der Waals surface area contributed by atoms with Crippen molar-refractivity contribution in [3.05, 3.63) is 0 Å². The van der Waals surface area contributed by atoms with Crippen LogP contribution in [0.3, 0.4) is 0 Å². The lowest BCUT2D eigenvalue weighted by atomic mass is 9.68. The summed E-state index contributed by atoms with van der Waals surface area (Å²) in [6.45, 7) is 2.63. The van der Waals surface area contributed by atoms with Gasteiger partial charge in [-0.05, 0) is 38.0 Å². The Morgan fingerprint density at radius 2 is 2.00 bits per heavy atom. The number of nitrogens with one attached hydrogen (secondary N) is 1. The highest BCUT2D eigenvalue weighted by Crippen LogP contribution is 2.41. The van der Waals surface area contributed by atoms with Crippen molar-refractivity contribution in [3.63, 3.8) is 0 Å². The Labute approximate surface area is 80.7 Å². The van der Waals surface area contributed by atoms with Crippen molar-refractivity contribution < 1.29 is 5.11 Å². The average Bonchev–Trinajstić information content (AvgIpc) is 2.17. The van der Waals surface area contributed by atoms with Crippen molar-refractivity contribution in [1.82, 2.24) is 5.32 Å². The molecule has 2 heteroatoms. The van der Waals surface area contributed by atoms with Gasteiger partial charge >= 0.3 is 0 Å². The molecular formula is C11H21NO. The molecule has 2 N–H and O–H groups in total. The summed E-state index contributed by atoms with van der Waals surface area (Å²) >= 11 is 0. The van der Waals surface area contributed by atoms with Crippen LogP contribution in [0.25, 0.3) is 0 Å². The van der Waals surface area contributed by atoms with Gasteiger partial charge < -0.3 is 10.4 Å². The summed E-state index contributed by atoms with van der Waals surface area (Å²) < 4.78 is 0. The fourth-order valence-electron chi connectivity index (χ4n) is 2.95. The molecular weight excluding hydrogens is 162 g/mol. The highest BCUT2D eigenvalue weighted by molar-refractivity contribution is 4.90. The van der Waals surface area contributed by atoms with Gasteiger partial charge in [-0.1, -0.05) is 12.8 Å². The van der Waals surface area contributed by atoms with E-state index < -0.39 is 0 Å². The number of fused-ring (bicyclic) bond motifs is 3. The first-order valence-corrected chi connectivity index (χ1v) is 5.67. The van der Waals surface area contributed by atoms with Crippen LogP contribution >= 0.6 is 0 Å². The van der Waals surface area contributed by atoms with Gasteiger partial charge in [-0.25, -0.2) is 0 Å². The van der Waals surface area contributed by atoms with Gasteiger partial charge in [0, 0.05) is 12.6 Å². The van der Waals surface area contributed by atoms with Crippen LogP contribution in [0.4, 0.5) is 0 Å². The summed E-state index contributed by atoms with van der Waals surface area (Å²) in [5, 5.41) is 12.7. The lowest BCUT2D eigenvalue weighted by Crippen LogP contribution is -2.46. The number of rotatable bonds is 3. The molecule has 2 nitrogen and oxygen atoms in total. The zero-order chi connectivity index (χ0) is 9.26. The smallest absolute Gasteiger partial charge is 0.0636 e. The summed E-state index contributed by atoms with van der Waals surface area (Å²) in [4.78, 5) is 0. The average molecular weight is 183 g/mol. The predicted octanol–water partition coefficient (Wildman–Crippen LogP) is 1.54. The van der Waals surface area contributed by atoms with E-state index in [2.05, 4.69) is 5.32 Å². The van der Waals surface area contributed by atoms with Gasteiger partial charge in [0.15, 0.2) is 0 Å². The van der Waals surface area contributed by atoms with Crippen molar-refractivity contribution in [1.29, 1.82) is 0 Å². The van der Waals surface area contributed by atoms with Crippen LogP contribution in [-0.2, 0) is 0 Å². The zero-order valence-corrected chi connectivity index (χ0v) is 8.50. The number of hydrogen-bond acceptors (Lipinski definition) is 2. The molecule has 0 aromatic rings. The molecule has 0 radical (unpaired) electrons. The molecule has 13 heavy (non-hydrogen) atoms. The Hall–Kier alpha value is -0.0800. The van der Waals surface area contributed by atoms with Gasteiger partial charge in [0.05, 0.1) is 6.10 Å². The topological polar surface area (TPSA) is 32.3 Å². The summed E-state index contributed by atoms with van der Waals surface area (Å²) in [7, 11) is 0. The molecule has 0 aromatic carbocycles. The highest BCUT2D eigenvalue weighted by atomic mass is 16.3. The Bertz CT molecular complexity index is 161. The molecule has 3 rings (SSSR count). The minimum Gasteiger partial charge on any atom is -0.392 e. The third-order valence-electron chi connectivity index (χ3n) is 3.72. The van der Waals surface area contributed by atoms with E-state index in [1.807, 2.05) is 6.92 Å².